The van der Waals surface area contributed by atoms with E-state index in [0.717, 1.165) is 31.4 Å². The highest BCUT2D eigenvalue weighted by Crippen LogP contribution is 2.49. The van der Waals surface area contributed by atoms with Crippen LogP contribution in [-0.2, 0) is 5.41 Å². The maximum absolute atomic E-state index is 6.51. The quantitative estimate of drug-likeness (QED) is 0.392. The van der Waals surface area contributed by atoms with Crippen LogP contribution in [0.25, 0.3) is 11.1 Å². The molecular weight excluding hydrogens is 338 g/mol. The molecule has 0 amide bonds. The predicted octanol–water partition coefficient (Wildman–Crippen LogP) is 7.27. The zero-order valence-electron chi connectivity index (χ0n) is 16.3. The van der Waals surface area contributed by atoms with E-state index in [1.807, 2.05) is 0 Å². The number of fused-ring (bicyclic) bond motifs is 3. The van der Waals surface area contributed by atoms with Crippen LogP contribution in [0.3, 0.4) is 0 Å². The molecule has 2 aliphatic carbocycles. The van der Waals surface area contributed by atoms with Gasteiger partial charge in [0.25, 0.3) is 0 Å². The molecule has 0 atom stereocenters. The van der Waals surface area contributed by atoms with E-state index in [1.54, 1.807) is 0 Å². The van der Waals surface area contributed by atoms with Gasteiger partial charge in [-0.05, 0) is 67.0 Å². The van der Waals surface area contributed by atoms with Gasteiger partial charge in [-0.15, -0.1) is 11.6 Å². The normalized spacial score (nSPS) is 29.6. The molecule has 26 heavy (non-hydrogen) atoms. The van der Waals surface area contributed by atoms with Crippen LogP contribution in [0.2, 0.25) is 0 Å². The number of halogens is 1. The van der Waals surface area contributed by atoms with E-state index in [9.17, 15) is 0 Å². The number of benzene rings is 2. The Kier molecular flexibility index (Phi) is 4.08. The third kappa shape index (κ3) is 3.01. The molecule has 136 valence electrons. The number of aliphatic imine (C=N–C) groups is 1. The summed E-state index contributed by atoms with van der Waals surface area (Å²) in [6.07, 6.45) is 6.51. The van der Waals surface area contributed by atoms with E-state index in [-0.39, 0.29) is 15.7 Å². The standard InChI is InChI=1S/C24H28ClN/c1-22(2)20-8-6-5-7-18(20)19-10-9-17(15-21(19)22)26-16-23(3)11-13-24(4,25)14-12-23/h5-10,15-16H,11-14H2,1-4H3/b26-16+. The fraction of sp³-hybridized carbons (Fsp3) is 0.458. The second-order valence-corrected chi connectivity index (χ2v) is 10.1. The van der Waals surface area contributed by atoms with Gasteiger partial charge in [-0.2, -0.15) is 0 Å². The SMILES string of the molecule is CC1(Cl)CCC(C)(/C=N/c2ccc3c(c2)C(C)(C)c2ccccc2-3)CC1. The molecule has 4 rings (SSSR count). The highest BCUT2D eigenvalue weighted by molar-refractivity contribution is 6.23. The number of rotatable bonds is 2. The molecule has 2 aromatic rings. The Hall–Kier alpha value is -1.60. The summed E-state index contributed by atoms with van der Waals surface area (Å²) in [4.78, 5) is 4.86. The van der Waals surface area contributed by atoms with Gasteiger partial charge in [0, 0.05) is 21.9 Å². The van der Waals surface area contributed by atoms with Crippen molar-refractivity contribution in [2.75, 3.05) is 0 Å². The molecule has 1 nitrogen and oxygen atoms in total. The molecule has 0 aliphatic heterocycles. The van der Waals surface area contributed by atoms with Crippen LogP contribution in [0.5, 0.6) is 0 Å². The minimum atomic E-state index is -0.0310. The molecule has 0 saturated heterocycles. The maximum atomic E-state index is 6.51. The molecule has 0 bridgehead atoms. The summed E-state index contributed by atoms with van der Waals surface area (Å²) in [6, 6.07) is 15.4. The topological polar surface area (TPSA) is 12.4 Å². The molecule has 1 fully saturated rings. The van der Waals surface area contributed by atoms with Crippen LogP contribution in [0.4, 0.5) is 5.69 Å². The Bertz CT molecular complexity index is 866. The highest BCUT2D eigenvalue weighted by atomic mass is 35.5. The zero-order valence-corrected chi connectivity index (χ0v) is 17.0. The van der Waals surface area contributed by atoms with Crippen molar-refractivity contribution in [3.05, 3.63) is 53.6 Å². The van der Waals surface area contributed by atoms with Gasteiger partial charge in [-0.3, -0.25) is 4.99 Å². The molecule has 0 radical (unpaired) electrons. The molecule has 0 spiro atoms. The third-order valence-electron chi connectivity index (χ3n) is 6.53. The summed E-state index contributed by atoms with van der Waals surface area (Å²) in [5.41, 5.74) is 6.77. The van der Waals surface area contributed by atoms with Gasteiger partial charge in [-0.1, -0.05) is 51.1 Å². The Morgan fingerprint density at radius 1 is 0.846 bits per heavy atom. The van der Waals surface area contributed by atoms with Crippen LogP contribution in [0, 0.1) is 5.41 Å². The Labute approximate surface area is 162 Å². The van der Waals surface area contributed by atoms with E-state index >= 15 is 0 Å². The number of alkyl halides is 1. The molecule has 2 aliphatic rings. The Morgan fingerprint density at radius 2 is 1.50 bits per heavy atom. The van der Waals surface area contributed by atoms with Crippen LogP contribution in [0.15, 0.2) is 47.5 Å². The lowest BCUT2D eigenvalue weighted by Gasteiger charge is -2.37. The minimum Gasteiger partial charge on any atom is -0.261 e. The monoisotopic (exact) mass is 365 g/mol. The Morgan fingerprint density at radius 3 is 2.23 bits per heavy atom. The second kappa shape index (κ2) is 5.96. The summed E-state index contributed by atoms with van der Waals surface area (Å²) in [7, 11) is 0. The second-order valence-electron chi connectivity index (χ2n) is 9.23. The maximum Gasteiger partial charge on any atom is 0.0629 e. The largest absolute Gasteiger partial charge is 0.261 e. The van der Waals surface area contributed by atoms with E-state index in [1.165, 1.54) is 22.3 Å². The van der Waals surface area contributed by atoms with Crippen LogP contribution >= 0.6 is 11.6 Å². The van der Waals surface area contributed by atoms with Crippen molar-refractivity contribution >= 4 is 23.5 Å². The van der Waals surface area contributed by atoms with Gasteiger partial charge in [-0.25, -0.2) is 0 Å². The highest BCUT2D eigenvalue weighted by Gasteiger charge is 2.36. The molecule has 2 heteroatoms. The summed E-state index contributed by atoms with van der Waals surface area (Å²) in [5, 5.41) is 0. The van der Waals surface area contributed by atoms with Crippen molar-refractivity contribution in [2.45, 2.75) is 63.7 Å². The van der Waals surface area contributed by atoms with Gasteiger partial charge in [0.05, 0.1) is 5.69 Å². The van der Waals surface area contributed by atoms with Gasteiger partial charge in [0.1, 0.15) is 0 Å². The summed E-state index contributed by atoms with van der Waals surface area (Å²) in [6.45, 7) is 9.10. The van der Waals surface area contributed by atoms with Crippen molar-refractivity contribution in [1.82, 2.24) is 0 Å². The van der Waals surface area contributed by atoms with E-state index in [0.29, 0.717) is 0 Å². The van der Waals surface area contributed by atoms with E-state index in [4.69, 9.17) is 16.6 Å². The average molecular weight is 366 g/mol. The van der Waals surface area contributed by atoms with Gasteiger partial charge in [0.15, 0.2) is 0 Å². The van der Waals surface area contributed by atoms with E-state index < -0.39 is 0 Å². The van der Waals surface area contributed by atoms with Gasteiger partial charge >= 0.3 is 0 Å². The van der Waals surface area contributed by atoms with Crippen molar-refractivity contribution in [2.24, 2.45) is 10.4 Å². The molecular formula is C24H28ClN. The summed E-state index contributed by atoms with van der Waals surface area (Å²) in [5.74, 6) is 0. The zero-order chi connectivity index (χ0) is 18.6. The Balaban J connectivity index is 1.62. The van der Waals surface area contributed by atoms with Crippen molar-refractivity contribution in [3.63, 3.8) is 0 Å². The lowest BCUT2D eigenvalue weighted by molar-refractivity contribution is 0.276. The third-order valence-corrected chi connectivity index (χ3v) is 6.91. The first-order chi connectivity index (χ1) is 12.2. The average Bonchev–Trinajstić information content (AvgIpc) is 2.85. The lowest BCUT2D eigenvalue weighted by atomic mass is 9.72. The number of nitrogens with zero attached hydrogens (tertiary/aromatic N) is 1. The minimum absolute atomic E-state index is 0.0310. The predicted molar refractivity (Wildman–Crippen MR) is 113 cm³/mol. The summed E-state index contributed by atoms with van der Waals surface area (Å²) >= 11 is 6.51. The van der Waals surface area contributed by atoms with Crippen LogP contribution < -0.4 is 0 Å². The van der Waals surface area contributed by atoms with E-state index in [2.05, 4.69) is 76.4 Å². The first kappa shape index (κ1) is 17.8. The smallest absolute Gasteiger partial charge is 0.0629 e. The van der Waals surface area contributed by atoms with Crippen molar-refractivity contribution < 1.29 is 0 Å². The lowest BCUT2D eigenvalue weighted by Crippen LogP contribution is -2.32. The molecule has 0 N–H and O–H groups in total. The van der Waals surface area contributed by atoms with Crippen molar-refractivity contribution in [1.29, 1.82) is 0 Å². The number of hydrogen-bond acceptors (Lipinski definition) is 1. The molecule has 0 heterocycles. The fourth-order valence-corrected chi connectivity index (χ4v) is 4.66. The van der Waals surface area contributed by atoms with Crippen LogP contribution in [-0.4, -0.2) is 11.1 Å². The van der Waals surface area contributed by atoms with Gasteiger partial charge < -0.3 is 0 Å². The first-order valence-electron chi connectivity index (χ1n) is 9.69. The van der Waals surface area contributed by atoms with Crippen molar-refractivity contribution in [3.8, 4) is 11.1 Å². The van der Waals surface area contributed by atoms with Gasteiger partial charge in [0.2, 0.25) is 0 Å². The molecule has 1 saturated carbocycles. The van der Waals surface area contributed by atoms with Crippen LogP contribution in [0.1, 0.15) is 64.5 Å². The summed E-state index contributed by atoms with van der Waals surface area (Å²) < 4.78 is 0. The molecule has 0 unspecified atom stereocenters. The molecule has 0 aromatic heterocycles. The number of hydrogen-bond donors (Lipinski definition) is 0. The fourth-order valence-electron chi connectivity index (χ4n) is 4.47. The first-order valence-corrected chi connectivity index (χ1v) is 10.1. The molecule has 2 aromatic carbocycles.